The van der Waals surface area contributed by atoms with Gasteiger partial charge in [-0.1, -0.05) is 37.3 Å². The lowest BCUT2D eigenvalue weighted by molar-refractivity contribution is 0.0945. The molecule has 3 aromatic rings. The first-order valence-electron chi connectivity index (χ1n) is 8.55. The summed E-state index contributed by atoms with van der Waals surface area (Å²) in [5.74, 6) is 0.422. The number of nitrogens with zero attached hydrogens (tertiary/aromatic N) is 2. The SMILES string of the molecule is CCCn1nc(C(=O)NCc2cccc(OC)c2)c2ccccc2c1=O. The molecule has 0 spiro atoms. The number of hydrogen-bond donors (Lipinski definition) is 1. The highest BCUT2D eigenvalue weighted by atomic mass is 16.5. The number of aryl methyl sites for hydroxylation is 1. The first-order chi connectivity index (χ1) is 12.6. The fourth-order valence-corrected chi connectivity index (χ4v) is 2.81. The standard InChI is InChI=1S/C20H21N3O3/c1-3-11-23-20(25)17-10-5-4-9-16(17)18(22-23)19(24)21-13-14-7-6-8-15(12-14)26-2/h4-10,12H,3,11,13H2,1-2H3,(H,21,24). The van der Waals surface area contributed by atoms with E-state index in [1.807, 2.05) is 31.2 Å². The third-order valence-electron chi connectivity index (χ3n) is 4.11. The molecule has 0 saturated carbocycles. The molecule has 1 N–H and O–H groups in total. The summed E-state index contributed by atoms with van der Waals surface area (Å²) in [7, 11) is 1.60. The normalized spacial score (nSPS) is 10.7. The van der Waals surface area contributed by atoms with Gasteiger partial charge in [-0.3, -0.25) is 9.59 Å². The lowest BCUT2D eigenvalue weighted by Gasteiger charge is -2.11. The number of carbonyl (C=O) groups excluding carboxylic acids is 1. The van der Waals surface area contributed by atoms with Crippen LogP contribution in [-0.4, -0.2) is 22.8 Å². The minimum atomic E-state index is -0.311. The number of benzene rings is 2. The molecule has 26 heavy (non-hydrogen) atoms. The maximum Gasteiger partial charge on any atom is 0.274 e. The van der Waals surface area contributed by atoms with E-state index in [2.05, 4.69) is 10.4 Å². The molecular weight excluding hydrogens is 330 g/mol. The summed E-state index contributed by atoms with van der Waals surface area (Å²) in [6.07, 6.45) is 0.760. The first-order valence-corrected chi connectivity index (χ1v) is 8.55. The van der Waals surface area contributed by atoms with E-state index in [4.69, 9.17) is 4.74 Å². The van der Waals surface area contributed by atoms with Crippen molar-refractivity contribution in [3.05, 3.63) is 70.1 Å². The van der Waals surface area contributed by atoms with Crippen LogP contribution in [0.2, 0.25) is 0 Å². The van der Waals surface area contributed by atoms with Crippen LogP contribution in [0.3, 0.4) is 0 Å². The number of rotatable bonds is 6. The molecule has 0 bridgehead atoms. The number of nitrogens with one attached hydrogen (secondary N) is 1. The first kappa shape index (κ1) is 17.7. The number of carbonyl (C=O) groups is 1. The van der Waals surface area contributed by atoms with Gasteiger partial charge in [0, 0.05) is 18.5 Å². The summed E-state index contributed by atoms with van der Waals surface area (Å²) < 4.78 is 6.56. The Hall–Kier alpha value is -3.15. The number of fused-ring (bicyclic) bond motifs is 1. The van der Waals surface area contributed by atoms with Crippen LogP contribution in [0.4, 0.5) is 0 Å². The number of methoxy groups -OCH3 is 1. The second kappa shape index (κ2) is 7.82. The van der Waals surface area contributed by atoms with Gasteiger partial charge < -0.3 is 10.1 Å². The Bertz CT molecular complexity index is 995. The molecule has 1 aromatic heterocycles. The monoisotopic (exact) mass is 351 g/mol. The minimum Gasteiger partial charge on any atom is -0.497 e. The molecule has 0 atom stereocenters. The average molecular weight is 351 g/mol. The van der Waals surface area contributed by atoms with E-state index in [9.17, 15) is 9.59 Å². The summed E-state index contributed by atoms with van der Waals surface area (Å²) in [5, 5.41) is 8.24. The fraction of sp³-hybridized carbons (Fsp3) is 0.250. The van der Waals surface area contributed by atoms with E-state index in [1.165, 1.54) is 4.68 Å². The third kappa shape index (κ3) is 3.59. The van der Waals surface area contributed by atoms with Gasteiger partial charge >= 0.3 is 0 Å². The van der Waals surface area contributed by atoms with Gasteiger partial charge in [0.05, 0.1) is 12.5 Å². The summed E-state index contributed by atoms with van der Waals surface area (Å²) in [5.41, 5.74) is 1.01. The number of aromatic nitrogens is 2. The quantitative estimate of drug-likeness (QED) is 0.741. The molecule has 0 saturated heterocycles. The lowest BCUT2D eigenvalue weighted by atomic mass is 10.1. The minimum absolute atomic E-state index is 0.174. The molecule has 0 fully saturated rings. The molecule has 0 aliphatic heterocycles. The molecule has 134 valence electrons. The van der Waals surface area contributed by atoms with Crippen LogP contribution < -0.4 is 15.6 Å². The number of ether oxygens (including phenoxy) is 1. The number of hydrogen-bond acceptors (Lipinski definition) is 4. The van der Waals surface area contributed by atoms with Crippen molar-refractivity contribution in [1.82, 2.24) is 15.1 Å². The molecule has 1 heterocycles. The molecular formula is C20H21N3O3. The van der Waals surface area contributed by atoms with Gasteiger partial charge in [-0.25, -0.2) is 4.68 Å². The van der Waals surface area contributed by atoms with Gasteiger partial charge in [0.1, 0.15) is 5.75 Å². The average Bonchev–Trinajstić information content (AvgIpc) is 2.68. The van der Waals surface area contributed by atoms with Crippen LogP contribution in [0.5, 0.6) is 5.75 Å². The van der Waals surface area contributed by atoms with Crippen LogP contribution in [0.25, 0.3) is 10.8 Å². The Morgan fingerprint density at radius 3 is 2.65 bits per heavy atom. The highest BCUT2D eigenvalue weighted by Gasteiger charge is 2.16. The van der Waals surface area contributed by atoms with Crippen molar-refractivity contribution in [2.24, 2.45) is 0 Å². The van der Waals surface area contributed by atoms with Gasteiger partial charge in [-0.15, -0.1) is 0 Å². The molecule has 0 unspecified atom stereocenters. The molecule has 0 aliphatic rings. The highest BCUT2D eigenvalue weighted by molar-refractivity contribution is 6.04. The predicted molar refractivity (Wildman–Crippen MR) is 100 cm³/mol. The number of amides is 1. The van der Waals surface area contributed by atoms with E-state index in [0.717, 1.165) is 17.7 Å². The van der Waals surface area contributed by atoms with Crippen LogP contribution in [0.1, 0.15) is 29.4 Å². The van der Waals surface area contributed by atoms with Crippen molar-refractivity contribution in [2.45, 2.75) is 26.4 Å². The van der Waals surface area contributed by atoms with Crippen LogP contribution in [-0.2, 0) is 13.1 Å². The zero-order valence-electron chi connectivity index (χ0n) is 14.9. The third-order valence-corrected chi connectivity index (χ3v) is 4.11. The largest absolute Gasteiger partial charge is 0.497 e. The smallest absolute Gasteiger partial charge is 0.274 e. The van der Waals surface area contributed by atoms with Crippen molar-refractivity contribution >= 4 is 16.7 Å². The van der Waals surface area contributed by atoms with Crippen molar-refractivity contribution in [2.75, 3.05) is 7.11 Å². The maximum absolute atomic E-state index is 12.7. The fourth-order valence-electron chi connectivity index (χ4n) is 2.81. The summed E-state index contributed by atoms with van der Waals surface area (Å²) in [6, 6.07) is 14.6. The van der Waals surface area contributed by atoms with Crippen molar-refractivity contribution < 1.29 is 9.53 Å². The Balaban J connectivity index is 1.92. The second-order valence-electron chi connectivity index (χ2n) is 5.96. The molecule has 3 rings (SSSR count). The van der Waals surface area contributed by atoms with E-state index in [1.54, 1.807) is 31.4 Å². The Morgan fingerprint density at radius 2 is 1.92 bits per heavy atom. The molecule has 2 aromatic carbocycles. The van der Waals surface area contributed by atoms with E-state index in [0.29, 0.717) is 23.9 Å². The van der Waals surface area contributed by atoms with Gasteiger partial charge in [-0.2, -0.15) is 5.10 Å². The lowest BCUT2D eigenvalue weighted by Crippen LogP contribution is -2.30. The zero-order valence-corrected chi connectivity index (χ0v) is 14.9. The highest BCUT2D eigenvalue weighted by Crippen LogP contribution is 2.15. The summed E-state index contributed by atoms with van der Waals surface area (Å²) in [6.45, 7) is 2.78. The molecule has 0 aliphatic carbocycles. The van der Waals surface area contributed by atoms with Crippen molar-refractivity contribution in [3.8, 4) is 5.75 Å². The summed E-state index contributed by atoms with van der Waals surface area (Å²) >= 11 is 0. The second-order valence-corrected chi connectivity index (χ2v) is 5.96. The van der Waals surface area contributed by atoms with Gasteiger partial charge in [0.15, 0.2) is 5.69 Å². The van der Waals surface area contributed by atoms with Gasteiger partial charge in [-0.05, 0) is 30.2 Å². The zero-order chi connectivity index (χ0) is 18.5. The molecule has 6 heteroatoms. The van der Waals surface area contributed by atoms with E-state index in [-0.39, 0.29) is 17.2 Å². The van der Waals surface area contributed by atoms with Crippen LogP contribution in [0, 0.1) is 0 Å². The Kier molecular flexibility index (Phi) is 5.31. The maximum atomic E-state index is 12.7. The topological polar surface area (TPSA) is 73.2 Å². The van der Waals surface area contributed by atoms with Crippen LogP contribution >= 0.6 is 0 Å². The summed E-state index contributed by atoms with van der Waals surface area (Å²) in [4.78, 5) is 25.2. The Morgan fingerprint density at radius 1 is 1.15 bits per heavy atom. The molecule has 0 radical (unpaired) electrons. The van der Waals surface area contributed by atoms with Gasteiger partial charge in [0.2, 0.25) is 0 Å². The molecule has 6 nitrogen and oxygen atoms in total. The van der Waals surface area contributed by atoms with Crippen molar-refractivity contribution in [3.63, 3.8) is 0 Å². The van der Waals surface area contributed by atoms with E-state index >= 15 is 0 Å². The Labute approximate surface area is 151 Å². The predicted octanol–water partition coefficient (Wildman–Crippen LogP) is 2.75. The van der Waals surface area contributed by atoms with Crippen molar-refractivity contribution in [1.29, 1.82) is 0 Å². The van der Waals surface area contributed by atoms with Crippen LogP contribution in [0.15, 0.2) is 53.3 Å². The molecule has 1 amide bonds. The van der Waals surface area contributed by atoms with Gasteiger partial charge in [0.25, 0.3) is 11.5 Å². The van der Waals surface area contributed by atoms with E-state index < -0.39 is 0 Å².